The Balaban J connectivity index is 2.17. The van der Waals surface area contributed by atoms with Gasteiger partial charge in [0.1, 0.15) is 5.82 Å². The predicted molar refractivity (Wildman–Crippen MR) is 62.7 cm³/mol. The van der Waals surface area contributed by atoms with E-state index in [2.05, 4.69) is 11.1 Å². The molecule has 0 amide bonds. The molecule has 2 aromatic rings. The Morgan fingerprint density at radius 1 is 1.24 bits per heavy atom. The lowest BCUT2D eigenvalue weighted by Crippen LogP contribution is -2.00. The molecule has 0 spiro atoms. The molecule has 0 saturated carbocycles. The predicted octanol–water partition coefficient (Wildman–Crippen LogP) is 3.07. The van der Waals surface area contributed by atoms with E-state index in [-0.39, 0.29) is 11.7 Å². The maximum atomic E-state index is 12.8. The van der Waals surface area contributed by atoms with Crippen LogP contribution >= 0.6 is 0 Å². The van der Waals surface area contributed by atoms with Gasteiger partial charge in [0, 0.05) is 12.4 Å². The topological polar surface area (TPSA) is 36.7 Å². The van der Waals surface area contributed by atoms with Crippen LogP contribution in [0.5, 0.6) is 0 Å². The molecule has 1 atom stereocenters. The highest BCUT2D eigenvalue weighted by molar-refractivity contribution is 5.26. The monoisotopic (exact) mass is 226 g/mol. The highest BCUT2D eigenvalue weighted by Crippen LogP contribution is 2.19. The van der Waals surface area contributed by atoms with Crippen LogP contribution in [0.4, 0.5) is 4.39 Å². The third-order valence-electron chi connectivity index (χ3n) is 2.60. The molecule has 0 fully saturated rings. The molecule has 0 saturated heterocycles. The second kappa shape index (κ2) is 5.22. The largest absolute Gasteiger partial charge is 0.264 e. The fraction of sp³-hybridized carbons (Fsp3) is 0.143. The molecular formula is C14H11FN2. The molecule has 1 aromatic heterocycles. The summed E-state index contributed by atoms with van der Waals surface area (Å²) in [5, 5.41) is 9.14. The number of hydrogen-bond acceptors (Lipinski definition) is 2. The van der Waals surface area contributed by atoms with E-state index in [4.69, 9.17) is 5.26 Å². The summed E-state index contributed by atoms with van der Waals surface area (Å²) >= 11 is 0. The average molecular weight is 226 g/mol. The third kappa shape index (κ3) is 2.88. The molecular weight excluding hydrogens is 215 g/mol. The van der Waals surface area contributed by atoms with Crippen molar-refractivity contribution in [3.63, 3.8) is 0 Å². The summed E-state index contributed by atoms with van der Waals surface area (Å²) in [6.07, 6.45) is 3.94. The van der Waals surface area contributed by atoms with Gasteiger partial charge in [0.25, 0.3) is 0 Å². The normalized spacial score (nSPS) is 11.8. The Hall–Kier alpha value is -2.21. The van der Waals surface area contributed by atoms with E-state index in [1.165, 1.54) is 12.1 Å². The number of rotatable bonds is 3. The Labute approximate surface area is 99.4 Å². The first-order chi connectivity index (χ1) is 8.29. The minimum atomic E-state index is -0.261. The van der Waals surface area contributed by atoms with Crippen LogP contribution in [0.3, 0.4) is 0 Å². The lowest BCUT2D eigenvalue weighted by Gasteiger charge is -2.08. The van der Waals surface area contributed by atoms with Crippen molar-refractivity contribution in [2.24, 2.45) is 0 Å². The molecule has 1 unspecified atom stereocenters. The van der Waals surface area contributed by atoms with Crippen molar-refractivity contribution in [3.8, 4) is 6.07 Å². The van der Waals surface area contributed by atoms with Crippen LogP contribution in [0.15, 0.2) is 48.8 Å². The average Bonchev–Trinajstić information content (AvgIpc) is 2.39. The van der Waals surface area contributed by atoms with Crippen molar-refractivity contribution >= 4 is 0 Å². The van der Waals surface area contributed by atoms with E-state index in [1.54, 1.807) is 24.5 Å². The Morgan fingerprint density at radius 2 is 2.00 bits per heavy atom. The van der Waals surface area contributed by atoms with Gasteiger partial charge in [-0.15, -0.1) is 0 Å². The Morgan fingerprint density at radius 3 is 2.59 bits per heavy atom. The standard InChI is InChI=1S/C14H11FN2/c15-14-5-3-11(4-6-14)8-13(9-16)12-2-1-7-17-10-12/h1-7,10,13H,8H2. The molecule has 17 heavy (non-hydrogen) atoms. The van der Waals surface area contributed by atoms with Crippen LogP contribution in [0.2, 0.25) is 0 Å². The van der Waals surface area contributed by atoms with E-state index < -0.39 is 0 Å². The maximum Gasteiger partial charge on any atom is 0.123 e. The zero-order valence-corrected chi connectivity index (χ0v) is 9.18. The van der Waals surface area contributed by atoms with Crippen LogP contribution in [0.1, 0.15) is 17.0 Å². The highest BCUT2D eigenvalue weighted by atomic mass is 19.1. The molecule has 0 aliphatic rings. The first kappa shape index (κ1) is 11.3. The van der Waals surface area contributed by atoms with Gasteiger partial charge in [0.2, 0.25) is 0 Å². The summed E-state index contributed by atoms with van der Waals surface area (Å²) in [6, 6.07) is 12.2. The zero-order valence-electron chi connectivity index (χ0n) is 9.18. The SMILES string of the molecule is N#CC(Cc1ccc(F)cc1)c1cccnc1. The first-order valence-corrected chi connectivity index (χ1v) is 5.33. The fourth-order valence-corrected chi connectivity index (χ4v) is 1.68. The van der Waals surface area contributed by atoms with Gasteiger partial charge in [0.15, 0.2) is 0 Å². The molecule has 0 N–H and O–H groups in total. The number of nitriles is 1. The van der Waals surface area contributed by atoms with Gasteiger partial charge in [0.05, 0.1) is 12.0 Å². The second-order valence-corrected chi connectivity index (χ2v) is 3.80. The van der Waals surface area contributed by atoms with Crippen LogP contribution in [-0.4, -0.2) is 4.98 Å². The van der Waals surface area contributed by atoms with Crippen LogP contribution in [0.25, 0.3) is 0 Å². The van der Waals surface area contributed by atoms with Crippen LogP contribution in [0, 0.1) is 17.1 Å². The minimum Gasteiger partial charge on any atom is -0.264 e. The lowest BCUT2D eigenvalue weighted by molar-refractivity contribution is 0.626. The molecule has 2 rings (SSSR count). The fourth-order valence-electron chi connectivity index (χ4n) is 1.68. The number of nitrogens with zero attached hydrogens (tertiary/aromatic N) is 2. The summed E-state index contributed by atoms with van der Waals surface area (Å²) < 4.78 is 12.8. The van der Waals surface area contributed by atoms with Crippen molar-refractivity contribution in [3.05, 3.63) is 65.7 Å². The Kier molecular flexibility index (Phi) is 3.46. The summed E-state index contributed by atoms with van der Waals surface area (Å²) in [5.41, 5.74) is 1.83. The number of benzene rings is 1. The van der Waals surface area contributed by atoms with Gasteiger partial charge in [-0.2, -0.15) is 5.26 Å². The lowest BCUT2D eigenvalue weighted by atomic mass is 9.94. The number of halogens is 1. The minimum absolute atomic E-state index is 0.242. The van der Waals surface area contributed by atoms with E-state index in [9.17, 15) is 4.39 Å². The first-order valence-electron chi connectivity index (χ1n) is 5.33. The van der Waals surface area contributed by atoms with Gasteiger partial charge in [-0.3, -0.25) is 4.98 Å². The summed E-state index contributed by atoms with van der Waals surface area (Å²) in [4.78, 5) is 4.00. The van der Waals surface area contributed by atoms with Gasteiger partial charge < -0.3 is 0 Å². The smallest absolute Gasteiger partial charge is 0.123 e. The summed E-state index contributed by atoms with van der Waals surface area (Å²) in [6.45, 7) is 0. The zero-order chi connectivity index (χ0) is 12.1. The quantitative estimate of drug-likeness (QED) is 0.806. The molecule has 0 radical (unpaired) electrons. The third-order valence-corrected chi connectivity index (χ3v) is 2.60. The maximum absolute atomic E-state index is 12.8. The van der Waals surface area contributed by atoms with Crippen molar-refractivity contribution < 1.29 is 4.39 Å². The molecule has 3 heteroatoms. The van der Waals surface area contributed by atoms with Gasteiger partial charge in [-0.1, -0.05) is 18.2 Å². The van der Waals surface area contributed by atoms with Crippen molar-refractivity contribution in [2.45, 2.75) is 12.3 Å². The van der Waals surface area contributed by atoms with E-state index in [1.807, 2.05) is 12.1 Å². The van der Waals surface area contributed by atoms with Gasteiger partial charge in [-0.05, 0) is 35.7 Å². The summed E-state index contributed by atoms with van der Waals surface area (Å²) in [5.74, 6) is -0.502. The van der Waals surface area contributed by atoms with E-state index in [0.29, 0.717) is 6.42 Å². The molecule has 0 aliphatic heterocycles. The summed E-state index contributed by atoms with van der Waals surface area (Å²) in [7, 11) is 0. The van der Waals surface area contributed by atoms with Crippen molar-refractivity contribution in [2.75, 3.05) is 0 Å². The van der Waals surface area contributed by atoms with E-state index >= 15 is 0 Å². The molecule has 0 bridgehead atoms. The molecule has 2 nitrogen and oxygen atoms in total. The van der Waals surface area contributed by atoms with Crippen molar-refractivity contribution in [1.82, 2.24) is 4.98 Å². The van der Waals surface area contributed by atoms with Crippen LogP contribution < -0.4 is 0 Å². The number of aromatic nitrogens is 1. The van der Waals surface area contributed by atoms with Gasteiger partial charge in [-0.25, -0.2) is 4.39 Å². The van der Waals surface area contributed by atoms with Crippen molar-refractivity contribution in [1.29, 1.82) is 5.26 Å². The van der Waals surface area contributed by atoms with Gasteiger partial charge >= 0.3 is 0 Å². The molecule has 0 aliphatic carbocycles. The molecule has 1 heterocycles. The van der Waals surface area contributed by atoms with E-state index in [0.717, 1.165) is 11.1 Å². The highest BCUT2D eigenvalue weighted by Gasteiger charge is 2.11. The second-order valence-electron chi connectivity index (χ2n) is 3.80. The Bertz CT molecular complexity index is 514. The van der Waals surface area contributed by atoms with Crippen LogP contribution in [-0.2, 0) is 6.42 Å². The number of pyridine rings is 1. The number of hydrogen-bond donors (Lipinski definition) is 0. The molecule has 1 aromatic carbocycles. The molecule has 84 valence electrons.